The van der Waals surface area contributed by atoms with E-state index < -0.39 is 5.97 Å². The molecule has 0 bridgehead atoms. The van der Waals surface area contributed by atoms with Gasteiger partial charge in [-0.2, -0.15) is 0 Å². The highest BCUT2D eigenvalue weighted by Crippen LogP contribution is 2.14. The van der Waals surface area contributed by atoms with Crippen LogP contribution in [0, 0.1) is 5.92 Å². The van der Waals surface area contributed by atoms with Gasteiger partial charge in [0.1, 0.15) is 0 Å². The summed E-state index contributed by atoms with van der Waals surface area (Å²) in [4.78, 5) is 10.7. The smallest absolute Gasteiger partial charge is 0.306 e. The molecule has 0 aromatic rings. The second-order valence-electron chi connectivity index (χ2n) is 3.96. The molecule has 0 aromatic carbocycles. The van der Waals surface area contributed by atoms with Crippen LogP contribution in [0.15, 0.2) is 12.2 Å². The summed E-state index contributed by atoms with van der Waals surface area (Å²) in [7, 11) is 0. The monoisotopic (exact) mass is 212 g/mol. The van der Waals surface area contributed by atoms with Crippen LogP contribution in [-0.4, -0.2) is 11.1 Å². The SMILES string of the molecule is CCC=CCCCCCC(CC)C(=O)O. The Bertz CT molecular complexity index is 185. The zero-order valence-corrected chi connectivity index (χ0v) is 10.0. The number of carboxylic acid groups (broad SMARTS) is 1. The Hall–Kier alpha value is -0.790. The van der Waals surface area contributed by atoms with Gasteiger partial charge in [-0.3, -0.25) is 4.79 Å². The van der Waals surface area contributed by atoms with E-state index in [1.807, 2.05) is 6.92 Å². The van der Waals surface area contributed by atoms with Gasteiger partial charge in [0.15, 0.2) is 0 Å². The number of allylic oxidation sites excluding steroid dienone is 2. The summed E-state index contributed by atoms with van der Waals surface area (Å²) < 4.78 is 0. The third-order valence-corrected chi connectivity index (χ3v) is 2.67. The summed E-state index contributed by atoms with van der Waals surface area (Å²) in [6, 6.07) is 0. The Kier molecular flexibility index (Phi) is 9.24. The number of hydrogen-bond acceptors (Lipinski definition) is 1. The van der Waals surface area contributed by atoms with Crippen LogP contribution in [0.1, 0.15) is 58.8 Å². The van der Waals surface area contributed by atoms with Crippen LogP contribution in [0.5, 0.6) is 0 Å². The van der Waals surface area contributed by atoms with Crippen molar-refractivity contribution in [2.24, 2.45) is 5.92 Å². The van der Waals surface area contributed by atoms with Gasteiger partial charge in [0.05, 0.1) is 5.92 Å². The van der Waals surface area contributed by atoms with Crippen LogP contribution < -0.4 is 0 Å². The van der Waals surface area contributed by atoms with Gasteiger partial charge < -0.3 is 5.11 Å². The quantitative estimate of drug-likeness (QED) is 0.463. The lowest BCUT2D eigenvalue weighted by Gasteiger charge is -2.08. The number of unbranched alkanes of at least 4 members (excludes halogenated alkanes) is 3. The molecule has 0 fully saturated rings. The van der Waals surface area contributed by atoms with Crippen molar-refractivity contribution in [2.45, 2.75) is 58.8 Å². The van der Waals surface area contributed by atoms with E-state index in [4.69, 9.17) is 5.11 Å². The predicted octanol–water partition coefficient (Wildman–Crippen LogP) is 4.01. The van der Waals surface area contributed by atoms with Crippen molar-refractivity contribution >= 4 is 5.97 Å². The summed E-state index contributed by atoms with van der Waals surface area (Å²) in [6.07, 6.45) is 11.6. The maximum atomic E-state index is 10.7. The molecule has 2 heteroatoms. The molecule has 0 aliphatic heterocycles. The summed E-state index contributed by atoms with van der Waals surface area (Å²) in [5.74, 6) is -0.764. The van der Waals surface area contributed by atoms with Gasteiger partial charge in [-0.25, -0.2) is 0 Å². The third kappa shape index (κ3) is 8.22. The number of rotatable bonds is 9. The van der Waals surface area contributed by atoms with Gasteiger partial charge in [-0.1, -0.05) is 38.8 Å². The maximum Gasteiger partial charge on any atom is 0.306 e. The number of hydrogen-bond donors (Lipinski definition) is 1. The Labute approximate surface area is 93.4 Å². The van der Waals surface area contributed by atoms with Gasteiger partial charge in [-0.05, 0) is 32.1 Å². The second kappa shape index (κ2) is 9.75. The average Bonchev–Trinajstić information content (AvgIpc) is 2.21. The summed E-state index contributed by atoms with van der Waals surface area (Å²) in [5, 5.41) is 8.83. The first-order chi connectivity index (χ1) is 7.22. The van der Waals surface area contributed by atoms with Gasteiger partial charge in [-0.15, -0.1) is 0 Å². The molecule has 1 N–H and O–H groups in total. The zero-order chi connectivity index (χ0) is 11.5. The van der Waals surface area contributed by atoms with Crippen molar-refractivity contribution in [3.05, 3.63) is 12.2 Å². The molecule has 0 amide bonds. The van der Waals surface area contributed by atoms with Crippen LogP contribution in [0.2, 0.25) is 0 Å². The highest BCUT2D eigenvalue weighted by Gasteiger charge is 2.13. The molecule has 15 heavy (non-hydrogen) atoms. The van der Waals surface area contributed by atoms with E-state index in [2.05, 4.69) is 19.1 Å². The second-order valence-corrected chi connectivity index (χ2v) is 3.96. The van der Waals surface area contributed by atoms with Gasteiger partial charge in [0, 0.05) is 0 Å². The number of carbonyl (C=O) groups is 1. The molecule has 0 aliphatic carbocycles. The molecule has 0 aromatic heterocycles. The molecule has 0 radical (unpaired) electrons. The van der Waals surface area contributed by atoms with E-state index in [9.17, 15) is 4.79 Å². The van der Waals surface area contributed by atoms with Crippen LogP contribution in [0.3, 0.4) is 0 Å². The van der Waals surface area contributed by atoms with Crippen molar-refractivity contribution in [2.75, 3.05) is 0 Å². The molecule has 1 atom stereocenters. The molecular formula is C13H24O2. The molecule has 0 heterocycles. The fourth-order valence-corrected chi connectivity index (χ4v) is 1.62. The maximum absolute atomic E-state index is 10.7. The lowest BCUT2D eigenvalue weighted by molar-refractivity contribution is -0.142. The molecule has 1 unspecified atom stereocenters. The Morgan fingerprint density at radius 2 is 1.93 bits per heavy atom. The summed E-state index contributed by atoms with van der Waals surface area (Å²) in [5.41, 5.74) is 0. The van der Waals surface area contributed by atoms with Crippen molar-refractivity contribution < 1.29 is 9.90 Å². The molecule has 88 valence electrons. The first-order valence-electron chi connectivity index (χ1n) is 6.10. The largest absolute Gasteiger partial charge is 0.481 e. The Balaban J connectivity index is 3.37. The minimum absolute atomic E-state index is 0.129. The van der Waals surface area contributed by atoms with E-state index in [0.29, 0.717) is 0 Å². The molecule has 0 rings (SSSR count). The van der Waals surface area contributed by atoms with Crippen LogP contribution in [0.25, 0.3) is 0 Å². The average molecular weight is 212 g/mol. The zero-order valence-electron chi connectivity index (χ0n) is 10.0. The van der Waals surface area contributed by atoms with E-state index in [1.54, 1.807) is 0 Å². The molecule has 2 nitrogen and oxygen atoms in total. The highest BCUT2D eigenvalue weighted by molar-refractivity contribution is 5.69. The van der Waals surface area contributed by atoms with Crippen molar-refractivity contribution in [1.82, 2.24) is 0 Å². The van der Waals surface area contributed by atoms with Crippen LogP contribution >= 0.6 is 0 Å². The van der Waals surface area contributed by atoms with E-state index in [0.717, 1.165) is 38.5 Å². The Morgan fingerprint density at radius 3 is 2.47 bits per heavy atom. The summed E-state index contributed by atoms with van der Waals surface area (Å²) >= 11 is 0. The van der Waals surface area contributed by atoms with Gasteiger partial charge in [0.25, 0.3) is 0 Å². The van der Waals surface area contributed by atoms with Crippen molar-refractivity contribution in [1.29, 1.82) is 0 Å². The molecular weight excluding hydrogens is 188 g/mol. The highest BCUT2D eigenvalue weighted by atomic mass is 16.4. The minimum atomic E-state index is -0.636. The molecule has 0 spiro atoms. The summed E-state index contributed by atoms with van der Waals surface area (Å²) in [6.45, 7) is 4.08. The third-order valence-electron chi connectivity index (χ3n) is 2.67. The van der Waals surface area contributed by atoms with Crippen molar-refractivity contribution in [3.8, 4) is 0 Å². The Morgan fingerprint density at radius 1 is 1.20 bits per heavy atom. The molecule has 0 saturated heterocycles. The number of carboxylic acids is 1. The normalized spacial score (nSPS) is 13.2. The fraction of sp³-hybridized carbons (Fsp3) is 0.769. The van der Waals surface area contributed by atoms with Gasteiger partial charge in [0.2, 0.25) is 0 Å². The van der Waals surface area contributed by atoms with E-state index in [1.165, 1.54) is 6.42 Å². The predicted molar refractivity (Wildman–Crippen MR) is 63.9 cm³/mol. The van der Waals surface area contributed by atoms with Crippen molar-refractivity contribution in [3.63, 3.8) is 0 Å². The van der Waals surface area contributed by atoms with Crippen LogP contribution in [-0.2, 0) is 4.79 Å². The first-order valence-corrected chi connectivity index (χ1v) is 6.10. The standard InChI is InChI=1S/C13H24O2/c1-3-5-6-7-8-9-10-11-12(4-2)13(14)15/h5-6,12H,3-4,7-11H2,1-2H3,(H,14,15). The fourth-order valence-electron chi connectivity index (χ4n) is 1.62. The number of aliphatic carboxylic acids is 1. The topological polar surface area (TPSA) is 37.3 Å². The molecule has 0 saturated carbocycles. The lowest BCUT2D eigenvalue weighted by atomic mass is 9.98. The first kappa shape index (κ1) is 14.2. The minimum Gasteiger partial charge on any atom is -0.481 e. The lowest BCUT2D eigenvalue weighted by Crippen LogP contribution is -2.12. The molecule has 0 aliphatic rings. The van der Waals surface area contributed by atoms with Crippen LogP contribution in [0.4, 0.5) is 0 Å². The van der Waals surface area contributed by atoms with E-state index >= 15 is 0 Å². The van der Waals surface area contributed by atoms with Gasteiger partial charge >= 0.3 is 5.97 Å². The van der Waals surface area contributed by atoms with E-state index in [-0.39, 0.29) is 5.92 Å².